The maximum atomic E-state index is 13.2. The highest BCUT2D eigenvalue weighted by molar-refractivity contribution is 5.71. The second kappa shape index (κ2) is 4.06. The highest BCUT2D eigenvalue weighted by Crippen LogP contribution is 2.37. The fourth-order valence-electron chi connectivity index (χ4n) is 2.80. The minimum absolute atomic E-state index is 0.282. The normalized spacial score (nSPS) is 20.8. The molecule has 2 aliphatic heterocycles. The third-order valence-electron chi connectivity index (χ3n) is 3.76. The molecular weight excluding hydrogens is 245 g/mol. The monoisotopic (exact) mass is 259 g/mol. The summed E-state index contributed by atoms with van der Waals surface area (Å²) in [6.07, 6.45) is 2.28. The number of nitrogens with one attached hydrogen (secondary N) is 2. The van der Waals surface area contributed by atoms with Crippen LogP contribution in [-0.2, 0) is 6.61 Å². The van der Waals surface area contributed by atoms with E-state index in [-0.39, 0.29) is 5.82 Å². The summed E-state index contributed by atoms with van der Waals surface area (Å²) in [6.45, 7) is 1.46. The third-order valence-corrected chi connectivity index (χ3v) is 3.76. The molecule has 0 aliphatic carbocycles. The SMILES string of the molecule is Fc1ccc2c(c1)OCc1[nH]c([C@@H]3CCCN3)nc1-2. The number of H-pyrrole nitrogens is 1. The Kier molecular flexibility index (Phi) is 2.35. The molecule has 1 fully saturated rings. The van der Waals surface area contributed by atoms with E-state index in [2.05, 4.69) is 15.3 Å². The first-order chi connectivity index (χ1) is 9.31. The van der Waals surface area contributed by atoms with E-state index in [9.17, 15) is 4.39 Å². The van der Waals surface area contributed by atoms with Crippen molar-refractivity contribution < 1.29 is 9.13 Å². The average molecular weight is 259 g/mol. The first-order valence-corrected chi connectivity index (χ1v) is 6.56. The zero-order valence-electron chi connectivity index (χ0n) is 10.4. The Morgan fingerprint density at radius 3 is 3.16 bits per heavy atom. The van der Waals surface area contributed by atoms with E-state index in [1.807, 2.05) is 0 Å². The Morgan fingerprint density at radius 1 is 1.37 bits per heavy atom. The van der Waals surface area contributed by atoms with E-state index in [0.29, 0.717) is 18.4 Å². The molecule has 0 radical (unpaired) electrons. The quantitative estimate of drug-likeness (QED) is 0.827. The van der Waals surface area contributed by atoms with Gasteiger partial charge in [0.25, 0.3) is 0 Å². The number of benzene rings is 1. The average Bonchev–Trinajstić information content (AvgIpc) is 3.06. The molecule has 1 aromatic heterocycles. The molecule has 0 bridgehead atoms. The van der Waals surface area contributed by atoms with Crippen molar-refractivity contribution in [3.05, 3.63) is 35.5 Å². The molecule has 0 unspecified atom stereocenters. The van der Waals surface area contributed by atoms with Gasteiger partial charge >= 0.3 is 0 Å². The molecule has 98 valence electrons. The molecule has 19 heavy (non-hydrogen) atoms. The highest BCUT2D eigenvalue weighted by atomic mass is 19.1. The van der Waals surface area contributed by atoms with Gasteiger partial charge in [-0.15, -0.1) is 0 Å². The summed E-state index contributed by atoms with van der Waals surface area (Å²) in [5.74, 6) is 1.25. The zero-order valence-corrected chi connectivity index (χ0v) is 10.4. The van der Waals surface area contributed by atoms with E-state index in [1.54, 1.807) is 6.07 Å². The van der Waals surface area contributed by atoms with Gasteiger partial charge in [0.1, 0.15) is 24.0 Å². The van der Waals surface area contributed by atoms with Gasteiger partial charge in [-0.05, 0) is 31.5 Å². The molecule has 0 saturated carbocycles. The van der Waals surface area contributed by atoms with Crippen LogP contribution in [0.2, 0.25) is 0 Å². The van der Waals surface area contributed by atoms with Crippen molar-refractivity contribution in [1.82, 2.24) is 15.3 Å². The number of rotatable bonds is 1. The van der Waals surface area contributed by atoms with Crippen LogP contribution in [-0.4, -0.2) is 16.5 Å². The summed E-state index contributed by atoms with van der Waals surface area (Å²) in [6, 6.07) is 4.89. The lowest BCUT2D eigenvalue weighted by atomic mass is 10.1. The Morgan fingerprint density at radius 2 is 2.32 bits per heavy atom. The maximum absolute atomic E-state index is 13.2. The van der Waals surface area contributed by atoms with Gasteiger partial charge in [0, 0.05) is 11.6 Å². The first-order valence-electron chi connectivity index (χ1n) is 6.56. The summed E-state index contributed by atoms with van der Waals surface area (Å²) in [5.41, 5.74) is 2.73. The van der Waals surface area contributed by atoms with Gasteiger partial charge in [-0.2, -0.15) is 0 Å². The van der Waals surface area contributed by atoms with Crippen LogP contribution in [0.15, 0.2) is 18.2 Å². The fourth-order valence-corrected chi connectivity index (χ4v) is 2.80. The van der Waals surface area contributed by atoms with Crippen LogP contribution >= 0.6 is 0 Å². The van der Waals surface area contributed by atoms with Crippen molar-refractivity contribution in [3.63, 3.8) is 0 Å². The van der Waals surface area contributed by atoms with Crippen LogP contribution < -0.4 is 10.1 Å². The molecule has 0 spiro atoms. The highest BCUT2D eigenvalue weighted by Gasteiger charge is 2.26. The molecular formula is C14H14FN3O. The predicted molar refractivity (Wildman–Crippen MR) is 68.3 cm³/mol. The van der Waals surface area contributed by atoms with E-state index in [0.717, 1.165) is 35.7 Å². The number of nitrogens with zero attached hydrogens (tertiary/aromatic N) is 1. The van der Waals surface area contributed by atoms with Gasteiger partial charge in [0.15, 0.2) is 0 Å². The molecule has 1 atom stereocenters. The van der Waals surface area contributed by atoms with Gasteiger partial charge in [0.05, 0.1) is 17.4 Å². The van der Waals surface area contributed by atoms with Gasteiger partial charge in [0.2, 0.25) is 0 Å². The summed E-state index contributed by atoms with van der Waals surface area (Å²) in [7, 11) is 0. The second-order valence-electron chi connectivity index (χ2n) is 5.03. The summed E-state index contributed by atoms with van der Waals surface area (Å²) >= 11 is 0. The van der Waals surface area contributed by atoms with E-state index < -0.39 is 0 Å². The van der Waals surface area contributed by atoms with Crippen molar-refractivity contribution in [2.75, 3.05) is 6.54 Å². The van der Waals surface area contributed by atoms with Crippen LogP contribution in [0.1, 0.15) is 30.4 Å². The largest absolute Gasteiger partial charge is 0.486 e. The minimum atomic E-state index is -0.282. The topological polar surface area (TPSA) is 49.9 Å². The number of fused-ring (bicyclic) bond motifs is 3. The fraction of sp³-hybridized carbons (Fsp3) is 0.357. The molecule has 4 rings (SSSR count). The molecule has 5 heteroatoms. The maximum Gasteiger partial charge on any atom is 0.132 e. The molecule has 4 nitrogen and oxygen atoms in total. The lowest BCUT2D eigenvalue weighted by Crippen LogP contribution is -2.14. The molecule has 2 aromatic rings. The standard InChI is InChI=1S/C14H14FN3O/c15-8-3-4-9-12(6-8)19-7-11-13(9)18-14(17-11)10-2-1-5-16-10/h3-4,6,10,16H,1-2,5,7H2,(H,17,18)/t10-/m0/s1. The van der Waals surface area contributed by atoms with Crippen LogP contribution in [0.25, 0.3) is 11.3 Å². The van der Waals surface area contributed by atoms with E-state index in [4.69, 9.17) is 4.74 Å². The summed E-state index contributed by atoms with van der Waals surface area (Å²) < 4.78 is 18.8. The van der Waals surface area contributed by atoms with Gasteiger partial charge in [-0.25, -0.2) is 9.37 Å². The number of imidazole rings is 1. The molecule has 0 amide bonds. The molecule has 2 aliphatic rings. The lowest BCUT2D eigenvalue weighted by molar-refractivity contribution is 0.296. The summed E-state index contributed by atoms with van der Waals surface area (Å²) in [4.78, 5) is 8.02. The Balaban J connectivity index is 1.79. The zero-order chi connectivity index (χ0) is 12.8. The molecule has 3 heterocycles. The number of aromatic amines is 1. The van der Waals surface area contributed by atoms with Crippen LogP contribution in [0.5, 0.6) is 5.75 Å². The lowest BCUT2D eigenvalue weighted by Gasteiger charge is -2.16. The van der Waals surface area contributed by atoms with Gasteiger partial charge in [-0.3, -0.25) is 0 Å². The van der Waals surface area contributed by atoms with Crippen molar-refractivity contribution >= 4 is 0 Å². The van der Waals surface area contributed by atoms with Crippen molar-refractivity contribution in [3.8, 4) is 17.0 Å². The predicted octanol–water partition coefficient (Wildman–Crippen LogP) is 2.53. The molecule has 1 aromatic carbocycles. The minimum Gasteiger partial charge on any atom is -0.486 e. The number of ether oxygens (including phenoxy) is 1. The smallest absolute Gasteiger partial charge is 0.132 e. The first kappa shape index (κ1) is 11.0. The number of halogens is 1. The number of hydrogen-bond donors (Lipinski definition) is 2. The van der Waals surface area contributed by atoms with Crippen molar-refractivity contribution in [2.24, 2.45) is 0 Å². The van der Waals surface area contributed by atoms with Crippen molar-refractivity contribution in [1.29, 1.82) is 0 Å². The van der Waals surface area contributed by atoms with Crippen molar-refractivity contribution in [2.45, 2.75) is 25.5 Å². The Bertz CT molecular complexity index is 632. The third kappa shape index (κ3) is 1.73. The summed E-state index contributed by atoms with van der Waals surface area (Å²) in [5, 5.41) is 3.42. The van der Waals surface area contributed by atoms with Crippen LogP contribution in [0.4, 0.5) is 4.39 Å². The van der Waals surface area contributed by atoms with Gasteiger partial charge < -0.3 is 15.0 Å². The van der Waals surface area contributed by atoms with Crippen LogP contribution in [0.3, 0.4) is 0 Å². The Labute approximate surface area is 110 Å². The van der Waals surface area contributed by atoms with E-state index >= 15 is 0 Å². The Hall–Kier alpha value is -1.88. The molecule has 2 N–H and O–H groups in total. The second-order valence-corrected chi connectivity index (χ2v) is 5.03. The number of hydrogen-bond acceptors (Lipinski definition) is 3. The molecule has 1 saturated heterocycles. The van der Waals surface area contributed by atoms with Crippen LogP contribution in [0, 0.1) is 5.82 Å². The van der Waals surface area contributed by atoms with E-state index in [1.165, 1.54) is 18.6 Å². The number of aromatic nitrogens is 2. The van der Waals surface area contributed by atoms with Gasteiger partial charge in [-0.1, -0.05) is 0 Å².